The SMILES string of the molecule is COCOc1ccccc1N(c1ccccc1OCOC)c1c(C)cc(C)cc1C. The number of hydrogen-bond donors (Lipinski definition) is 0. The van der Waals surface area contributed by atoms with Crippen LogP contribution < -0.4 is 14.4 Å². The number of benzene rings is 3. The number of ether oxygens (including phenoxy) is 4. The van der Waals surface area contributed by atoms with Gasteiger partial charge in [0.1, 0.15) is 11.5 Å². The molecule has 0 spiro atoms. The molecule has 5 nitrogen and oxygen atoms in total. The molecule has 0 aliphatic rings. The summed E-state index contributed by atoms with van der Waals surface area (Å²) < 4.78 is 22.1. The first-order valence-electron chi connectivity index (χ1n) is 9.86. The van der Waals surface area contributed by atoms with Gasteiger partial charge in [0.2, 0.25) is 0 Å². The number of aryl methyl sites for hydroxylation is 3. The molecule has 0 fully saturated rings. The van der Waals surface area contributed by atoms with Gasteiger partial charge in [0.15, 0.2) is 13.6 Å². The highest BCUT2D eigenvalue weighted by molar-refractivity contribution is 5.85. The number of methoxy groups -OCH3 is 2. The molecule has 3 aromatic carbocycles. The van der Waals surface area contributed by atoms with E-state index in [2.05, 4.69) is 37.8 Å². The molecule has 0 N–H and O–H groups in total. The van der Waals surface area contributed by atoms with Crippen LogP contribution in [0.15, 0.2) is 60.7 Å². The summed E-state index contributed by atoms with van der Waals surface area (Å²) in [6.07, 6.45) is 0. The molecule has 0 aliphatic heterocycles. The molecule has 3 rings (SSSR count). The summed E-state index contributed by atoms with van der Waals surface area (Å²) in [5, 5.41) is 0. The van der Waals surface area contributed by atoms with Crippen LogP contribution in [0, 0.1) is 20.8 Å². The molecule has 0 unspecified atom stereocenters. The van der Waals surface area contributed by atoms with Crippen LogP contribution in [0.1, 0.15) is 16.7 Å². The fourth-order valence-electron chi connectivity index (χ4n) is 3.67. The van der Waals surface area contributed by atoms with Crippen molar-refractivity contribution in [3.05, 3.63) is 77.4 Å². The van der Waals surface area contributed by atoms with Crippen LogP contribution >= 0.6 is 0 Å². The normalized spacial score (nSPS) is 10.7. The van der Waals surface area contributed by atoms with Crippen LogP contribution in [0.4, 0.5) is 17.1 Å². The zero-order valence-electron chi connectivity index (χ0n) is 18.3. The van der Waals surface area contributed by atoms with Crippen molar-refractivity contribution in [2.45, 2.75) is 20.8 Å². The minimum atomic E-state index is 0.165. The van der Waals surface area contributed by atoms with E-state index in [0.717, 1.165) is 39.7 Å². The van der Waals surface area contributed by atoms with Gasteiger partial charge in [-0.2, -0.15) is 0 Å². The first kappa shape index (κ1) is 21.7. The van der Waals surface area contributed by atoms with Crippen molar-refractivity contribution in [3.8, 4) is 11.5 Å². The van der Waals surface area contributed by atoms with Crippen molar-refractivity contribution in [3.63, 3.8) is 0 Å². The van der Waals surface area contributed by atoms with Gasteiger partial charge in [-0.3, -0.25) is 0 Å². The van der Waals surface area contributed by atoms with Crippen molar-refractivity contribution < 1.29 is 18.9 Å². The molecule has 0 bridgehead atoms. The fourth-order valence-corrected chi connectivity index (χ4v) is 3.67. The molecule has 0 amide bonds. The molecule has 0 heterocycles. The van der Waals surface area contributed by atoms with Gasteiger partial charge >= 0.3 is 0 Å². The van der Waals surface area contributed by atoms with E-state index < -0.39 is 0 Å². The fraction of sp³-hybridized carbons (Fsp3) is 0.280. The van der Waals surface area contributed by atoms with Gasteiger partial charge in [0, 0.05) is 14.2 Å². The zero-order valence-corrected chi connectivity index (χ0v) is 18.3. The highest BCUT2D eigenvalue weighted by Gasteiger charge is 2.23. The predicted molar refractivity (Wildman–Crippen MR) is 120 cm³/mol. The summed E-state index contributed by atoms with van der Waals surface area (Å²) in [7, 11) is 3.23. The van der Waals surface area contributed by atoms with Crippen LogP contribution in [-0.2, 0) is 9.47 Å². The van der Waals surface area contributed by atoms with Gasteiger partial charge in [-0.1, -0.05) is 42.0 Å². The number of nitrogens with zero attached hydrogens (tertiary/aromatic N) is 1. The monoisotopic (exact) mass is 407 g/mol. The predicted octanol–water partition coefficient (Wildman–Crippen LogP) is 6.05. The first-order chi connectivity index (χ1) is 14.6. The van der Waals surface area contributed by atoms with Crippen LogP contribution in [0.2, 0.25) is 0 Å². The molecule has 3 aromatic rings. The molecule has 0 saturated carbocycles. The molecule has 0 atom stereocenters. The molecule has 30 heavy (non-hydrogen) atoms. The lowest BCUT2D eigenvalue weighted by Crippen LogP contribution is -2.16. The Bertz CT molecular complexity index is 912. The molecule has 158 valence electrons. The highest BCUT2D eigenvalue weighted by Crippen LogP contribution is 2.46. The Labute approximate surface area is 178 Å². The summed E-state index contributed by atoms with van der Waals surface area (Å²) in [5.41, 5.74) is 6.44. The Morgan fingerprint density at radius 3 is 1.53 bits per heavy atom. The first-order valence-corrected chi connectivity index (χ1v) is 9.86. The minimum absolute atomic E-state index is 0.165. The molecule has 0 aliphatic carbocycles. The number of anilines is 3. The Kier molecular flexibility index (Phi) is 7.33. The maximum Gasteiger partial charge on any atom is 0.188 e. The maximum atomic E-state index is 5.91. The second-order valence-corrected chi connectivity index (χ2v) is 7.12. The third-order valence-corrected chi connectivity index (χ3v) is 4.74. The Morgan fingerprint density at radius 1 is 0.667 bits per heavy atom. The smallest absolute Gasteiger partial charge is 0.188 e. The summed E-state index contributed by atoms with van der Waals surface area (Å²) >= 11 is 0. The summed E-state index contributed by atoms with van der Waals surface area (Å²) in [6.45, 7) is 6.69. The average molecular weight is 408 g/mol. The lowest BCUT2D eigenvalue weighted by Gasteiger charge is -2.31. The van der Waals surface area contributed by atoms with Crippen molar-refractivity contribution in [2.24, 2.45) is 0 Å². The quantitative estimate of drug-likeness (QED) is 0.404. The number of hydrogen-bond acceptors (Lipinski definition) is 5. The second kappa shape index (κ2) is 10.1. The Balaban J connectivity index is 2.25. The van der Waals surface area contributed by atoms with E-state index in [1.54, 1.807) is 14.2 Å². The van der Waals surface area contributed by atoms with Gasteiger partial charge in [0.25, 0.3) is 0 Å². The molecule has 0 aromatic heterocycles. The van der Waals surface area contributed by atoms with E-state index in [1.807, 2.05) is 48.5 Å². The topological polar surface area (TPSA) is 40.2 Å². The molecular weight excluding hydrogens is 378 g/mol. The van der Waals surface area contributed by atoms with E-state index in [0.29, 0.717) is 0 Å². The van der Waals surface area contributed by atoms with Crippen molar-refractivity contribution in [1.82, 2.24) is 0 Å². The van der Waals surface area contributed by atoms with E-state index >= 15 is 0 Å². The van der Waals surface area contributed by atoms with Crippen molar-refractivity contribution >= 4 is 17.1 Å². The van der Waals surface area contributed by atoms with E-state index in [-0.39, 0.29) is 13.6 Å². The third-order valence-electron chi connectivity index (χ3n) is 4.74. The molecular formula is C25H29NO4. The van der Waals surface area contributed by atoms with Gasteiger partial charge < -0.3 is 23.8 Å². The van der Waals surface area contributed by atoms with E-state index in [9.17, 15) is 0 Å². The minimum Gasteiger partial charge on any atom is -0.465 e. The summed E-state index contributed by atoms with van der Waals surface area (Å²) in [6, 6.07) is 20.2. The largest absolute Gasteiger partial charge is 0.465 e. The summed E-state index contributed by atoms with van der Waals surface area (Å²) in [4.78, 5) is 2.18. The maximum absolute atomic E-state index is 5.91. The standard InChI is InChI=1S/C25H29NO4/c1-18-14-19(2)25(20(3)15-18)26(21-10-6-8-12-23(21)29-16-27-4)22-11-7-9-13-24(22)30-17-28-5/h6-15H,16-17H2,1-5H3. The average Bonchev–Trinajstić information content (AvgIpc) is 2.74. The van der Waals surface area contributed by atoms with Gasteiger partial charge in [-0.25, -0.2) is 0 Å². The molecule has 5 heteroatoms. The molecule has 0 radical (unpaired) electrons. The summed E-state index contributed by atoms with van der Waals surface area (Å²) in [5.74, 6) is 1.44. The lowest BCUT2D eigenvalue weighted by atomic mass is 10.0. The highest BCUT2D eigenvalue weighted by atomic mass is 16.7. The number of rotatable bonds is 9. The van der Waals surface area contributed by atoms with Gasteiger partial charge in [-0.15, -0.1) is 0 Å². The zero-order chi connectivity index (χ0) is 21.5. The van der Waals surface area contributed by atoms with Crippen LogP contribution in [-0.4, -0.2) is 27.8 Å². The van der Waals surface area contributed by atoms with Crippen LogP contribution in [0.5, 0.6) is 11.5 Å². The van der Waals surface area contributed by atoms with Gasteiger partial charge in [-0.05, 0) is 56.2 Å². The van der Waals surface area contributed by atoms with Crippen molar-refractivity contribution in [2.75, 3.05) is 32.7 Å². The van der Waals surface area contributed by atoms with E-state index in [1.165, 1.54) is 5.56 Å². The van der Waals surface area contributed by atoms with E-state index in [4.69, 9.17) is 18.9 Å². The van der Waals surface area contributed by atoms with Crippen LogP contribution in [0.3, 0.4) is 0 Å². The second-order valence-electron chi connectivity index (χ2n) is 7.12. The van der Waals surface area contributed by atoms with Crippen LogP contribution in [0.25, 0.3) is 0 Å². The lowest BCUT2D eigenvalue weighted by molar-refractivity contribution is 0.0511. The molecule has 0 saturated heterocycles. The Morgan fingerprint density at radius 2 is 1.10 bits per heavy atom. The third kappa shape index (κ3) is 4.75. The van der Waals surface area contributed by atoms with Crippen molar-refractivity contribution in [1.29, 1.82) is 0 Å². The Hall–Kier alpha value is -3.02. The number of para-hydroxylation sites is 4. The van der Waals surface area contributed by atoms with Gasteiger partial charge in [0.05, 0.1) is 17.1 Å².